The Morgan fingerprint density at radius 3 is 2.09 bits per heavy atom. The van der Waals surface area contributed by atoms with Crippen molar-refractivity contribution in [3.8, 4) is 5.75 Å². The standard InChI is InChI=1S/C48H36N2O6/c1-3-5-23-49-35-11-7-9-13-37(35)55-39(49)25-33-45(51)43(46(33)52)31-21-17-27-16-20-30-32(22-18-28-15-19-29(31)41(27)42(28)30)44-47(53)34(48(44)54)26-40-50(24-6-4-2)36-12-8-10-14-38(36)56-40/h7-22,25-26H,3-6,23-24H2,1-2H3/p+1. The van der Waals surface area contributed by atoms with E-state index in [2.05, 4.69) is 18.7 Å². The zero-order chi connectivity index (χ0) is 38.2. The van der Waals surface area contributed by atoms with Crippen LogP contribution in [-0.2, 0) is 11.3 Å². The maximum absolute atomic E-state index is 13.9. The lowest BCUT2D eigenvalue weighted by molar-refractivity contribution is -0.111. The van der Waals surface area contributed by atoms with Gasteiger partial charge in [0.1, 0.15) is 5.76 Å². The van der Waals surface area contributed by atoms with Gasteiger partial charge < -0.3 is 14.7 Å². The number of aryl methyl sites for hydroxylation is 1. The Kier molecular flexibility index (Phi) is 7.78. The van der Waals surface area contributed by atoms with Gasteiger partial charge >= 0.3 is 11.5 Å². The van der Waals surface area contributed by atoms with Crippen LogP contribution < -0.4 is 30.9 Å². The summed E-state index contributed by atoms with van der Waals surface area (Å²) in [7, 11) is 0. The molecule has 2 aliphatic rings. The average Bonchev–Trinajstić information content (AvgIpc) is 3.77. The zero-order valence-electron chi connectivity index (χ0n) is 31.0. The monoisotopic (exact) mass is 737 g/mol. The van der Waals surface area contributed by atoms with Crippen molar-refractivity contribution in [1.82, 2.24) is 4.57 Å². The van der Waals surface area contributed by atoms with Crippen molar-refractivity contribution in [3.63, 3.8) is 0 Å². The number of nitrogens with zero attached hydrogens (tertiary/aromatic N) is 2. The first-order valence-corrected chi connectivity index (χ1v) is 19.3. The van der Waals surface area contributed by atoms with Crippen molar-refractivity contribution in [2.45, 2.75) is 46.1 Å². The number of aromatic nitrogens is 1. The van der Waals surface area contributed by atoms with Crippen LogP contribution in [0.3, 0.4) is 0 Å². The second-order valence-electron chi connectivity index (χ2n) is 14.7. The fourth-order valence-electron chi connectivity index (χ4n) is 8.49. The molecule has 56 heavy (non-hydrogen) atoms. The Morgan fingerprint density at radius 2 is 1.36 bits per heavy atom. The lowest BCUT2D eigenvalue weighted by Crippen LogP contribution is -2.49. The second kappa shape index (κ2) is 12.9. The summed E-state index contributed by atoms with van der Waals surface area (Å²) in [6, 6.07) is 31.0. The summed E-state index contributed by atoms with van der Waals surface area (Å²) >= 11 is 0. The van der Waals surface area contributed by atoms with Crippen LogP contribution in [0.5, 0.6) is 5.75 Å². The number of hydrogen-bond donors (Lipinski definition) is 1. The van der Waals surface area contributed by atoms with Gasteiger partial charge in [0, 0.05) is 25.2 Å². The van der Waals surface area contributed by atoms with Gasteiger partial charge in [-0.25, -0.2) is 0 Å². The van der Waals surface area contributed by atoms with Gasteiger partial charge in [0.25, 0.3) is 0 Å². The summed E-state index contributed by atoms with van der Waals surface area (Å²) in [6.45, 7) is 5.68. The molecule has 8 heteroatoms. The van der Waals surface area contributed by atoms with E-state index in [4.69, 9.17) is 9.15 Å². The molecule has 1 aliphatic carbocycles. The number of unbranched alkanes of at least 4 members (excludes halogenated alkanes) is 2. The van der Waals surface area contributed by atoms with E-state index in [1.165, 1.54) is 0 Å². The van der Waals surface area contributed by atoms with Gasteiger partial charge in [-0.2, -0.15) is 4.42 Å². The van der Waals surface area contributed by atoms with Crippen molar-refractivity contribution < 1.29 is 19.1 Å². The summed E-state index contributed by atoms with van der Waals surface area (Å²) in [5.74, 6) is 1.37. The molecule has 1 N–H and O–H groups in total. The van der Waals surface area contributed by atoms with Gasteiger partial charge in [-0.3, -0.25) is 19.0 Å². The highest BCUT2D eigenvalue weighted by atomic mass is 16.5. The minimum absolute atomic E-state index is 0.0748. The summed E-state index contributed by atoms with van der Waals surface area (Å²) < 4.78 is 14.3. The average molecular weight is 738 g/mol. The van der Waals surface area contributed by atoms with Crippen LogP contribution in [0.25, 0.3) is 55.1 Å². The molecule has 1 aromatic heterocycles. The summed E-state index contributed by atoms with van der Waals surface area (Å²) in [5.41, 5.74) is 2.38. The zero-order valence-corrected chi connectivity index (χ0v) is 31.0. The van der Waals surface area contributed by atoms with Crippen LogP contribution in [0.4, 0.5) is 5.69 Å². The highest BCUT2D eigenvalue weighted by Crippen LogP contribution is 2.41. The third-order valence-corrected chi connectivity index (χ3v) is 11.4. The Labute approximate surface area is 320 Å². The number of aliphatic hydroxyl groups is 1. The number of rotatable bonds is 8. The molecular formula is C48H37N2O6+. The van der Waals surface area contributed by atoms with E-state index in [0.29, 0.717) is 34.3 Å². The van der Waals surface area contributed by atoms with Crippen LogP contribution >= 0.6 is 0 Å². The predicted molar refractivity (Wildman–Crippen MR) is 221 cm³/mol. The maximum atomic E-state index is 13.9. The molecule has 0 fully saturated rings. The number of anilines is 1. The van der Waals surface area contributed by atoms with E-state index in [0.717, 1.165) is 81.5 Å². The first-order chi connectivity index (χ1) is 27.4. The van der Waals surface area contributed by atoms with Crippen molar-refractivity contribution in [2.24, 2.45) is 0 Å². The number of hydrogen-bond acceptors (Lipinski definition) is 6. The molecular weight excluding hydrogens is 701 g/mol. The van der Waals surface area contributed by atoms with Crippen LogP contribution in [-0.4, -0.2) is 22.0 Å². The van der Waals surface area contributed by atoms with E-state index in [1.807, 2.05) is 102 Å². The normalized spacial score (nSPS) is 15.9. The number of allylic oxidation sites excluding steroid dienone is 3. The molecule has 0 radical (unpaired) electrons. The van der Waals surface area contributed by atoms with Crippen molar-refractivity contribution >= 4 is 66.5 Å². The number of para-hydroxylation sites is 4. The van der Waals surface area contributed by atoms with Crippen molar-refractivity contribution in [2.75, 3.05) is 11.4 Å². The Morgan fingerprint density at radius 1 is 0.714 bits per heavy atom. The molecule has 0 atom stereocenters. The van der Waals surface area contributed by atoms with Crippen LogP contribution in [0.2, 0.25) is 0 Å². The number of fused-ring (bicyclic) bond motifs is 2. The van der Waals surface area contributed by atoms with Gasteiger partial charge in [0.05, 0.1) is 33.3 Å². The molecule has 0 unspecified atom stereocenters. The van der Waals surface area contributed by atoms with E-state index < -0.39 is 0 Å². The molecule has 0 saturated heterocycles. The molecule has 8 nitrogen and oxygen atoms in total. The van der Waals surface area contributed by atoms with Gasteiger partial charge in [0.15, 0.2) is 11.3 Å². The number of ketones is 1. The number of oxazole rings is 1. The highest BCUT2D eigenvalue weighted by Gasteiger charge is 2.36. The summed E-state index contributed by atoms with van der Waals surface area (Å²) in [6.07, 6.45) is 7.09. The molecule has 8 aromatic rings. The number of carbonyl (C=O) groups excluding carboxylic acids is 1. The fourth-order valence-corrected chi connectivity index (χ4v) is 8.49. The topological polar surface area (TPSA) is 100 Å². The van der Waals surface area contributed by atoms with Crippen LogP contribution in [0.15, 0.2) is 134 Å². The molecule has 7 aromatic carbocycles. The summed E-state index contributed by atoms with van der Waals surface area (Å²) in [4.78, 5) is 43.7. The van der Waals surface area contributed by atoms with E-state index in [1.54, 1.807) is 12.2 Å². The smallest absolute Gasteiger partial charge is 0.435 e. The Balaban J connectivity index is 1.13. The van der Waals surface area contributed by atoms with Crippen molar-refractivity contribution in [3.05, 3.63) is 168 Å². The van der Waals surface area contributed by atoms with E-state index in [9.17, 15) is 19.5 Å². The number of benzene rings is 6. The molecule has 274 valence electrons. The van der Waals surface area contributed by atoms with Gasteiger partial charge in [0.2, 0.25) is 22.5 Å². The Bertz CT molecular complexity index is 3310. The van der Waals surface area contributed by atoms with Gasteiger partial charge in [-0.05, 0) is 73.8 Å². The largest absolute Gasteiger partial charge is 0.506 e. The SMILES string of the molecule is CCCCN1C(=CC2=C(O)C(=c3ccc4ccc5c(=c6c(=O)c(=Cc7[o+]c8ccccc8n7CCCC)c6=O)ccc6ccc3c4c65)C2=O)Oc2ccccc21. The van der Waals surface area contributed by atoms with Gasteiger partial charge in [-0.15, -0.1) is 0 Å². The minimum atomic E-state index is -0.317. The molecule has 0 bridgehead atoms. The molecule has 10 rings (SSSR count). The third-order valence-electron chi connectivity index (χ3n) is 11.4. The molecule has 2 heterocycles. The lowest BCUT2D eigenvalue weighted by atomic mass is 9.83. The first kappa shape index (κ1) is 33.7. The van der Waals surface area contributed by atoms with E-state index in [-0.39, 0.29) is 44.0 Å². The quantitative estimate of drug-likeness (QED) is 0.125. The number of ether oxygens (including phenoxy) is 1. The number of aliphatic hydroxyl groups excluding tert-OH is 1. The molecule has 0 spiro atoms. The highest BCUT2D eigenvalue weighted by molar-refractivity contribution is 6.38. The summed E-state index contributed by atoms with van der Waals surface area (Å²) in [5, 5.41) is 18.2. The molecule has 0 saturated carbocycles. The van der Waals surface area contributed by atoms with Crippen molar-refractivity contribution in [1.29, 1.82) is 0 Å². The van der Waals surface area contributed by atoms with Crippen LogP contribution in [0.1, 0.15) is 45.4 Å². The lowest BCUT2D eigenvalue weighted by Gasteiger charge is -2.23. The molecule has 0 amide bonds. The van der Waals surface area contributed by atoms with Crippen LogP contribution in [0, 0.1) is 10.4 Å². The number of carbonyl (C=O) groups is 1. The second-order valence-corrected chi connectivity index (χ2v) is 14.7. The van der Waals surface area contributed by atoms with Gasteiger partial charge in [-0.1, -0.05) is 99.5 Å². The number of Topliss-reactive ketones (excluding diaryl/α,β-unsaturated/α-hetero) is 1. The Hall–Kier alpha value is -6.80. The molecule has 1 aliphatic heterocycles. The minimum Gasteiger partial charge on any atom is -0.506 e. The van der Waals surface area contributed by atoms with E-state index >= 15 is 0 Å². The fraction of sp³-hybridized carbons (Fsp3) is 0.167. The predicted octanol–water partition coefficient (Wildman–Crippen LogP) is 8.01. The first-order valence-electron chi connectivity index (χ1n) is 19.3. The maximum Gasteiger partial charge on any atom is 0.435 e. The third kappa shape index (κ3) is 4.91.